The van der Waals surface area contributed by atoms with E-state index in [-0.39, 0.29) is 36.3 Å². The number of rotatable bonds is 5. The Labute approximate surface area is 105 Å². The molecule has 0 aliphatic rings. The zero-order valence-corrected chi connectivity index (χ0v) is 11.9. The van der Waals surface area contributed by atoms with E-state index in [0.29, 0.717) is 0 Å². The van der Waals surface area contributed by atoms with Gasteiger partial charge in [0.25, 0.3) is 0 Å². The Kier molecular flexibility index (Phi) is 6.13. The number of nitrogens with zero attached hydrogens (tertiary/aromatic N) is 1. The number of carbonyl (C=O) groups excluding carboxylic acids is 1. The first-order valence-corrected chi connectivity index (χ1v) is 6.15. The van der Waals surface area contributed by atoms with Crippen molar-refractivity contribution in [2.75, 3.05) is 20.2 Å². The topological polar surface area (TPSA) is 60.8 Å². The van der Waals surface area contributed by atoms with Crippen LogP contribution in [0.4, 0.5) is 0 Å². The predicted octanol–water partition coefficient (Wildman–Crippen LogP) is 1.12. The van der Waals surface area contributed by atoms with Crippen molar-refractivity contribution < 1.29 is 15.0 Å². The third-order valence-electron chi connectivity index (χ3n) is 2.94. The van der Waals surface area contributed by atoms with Gasteiger partial charge >= 0.3 is 0 Å². The molecule has 17 heavy (non-hydrogen) atoms. The molecule has 4 nitrogen and oxygen atoms in total. The van der Waals surface area contributed by atoms with Gasteiger partial charge in [0.05, 0.1) is 12.7 Å². The minimum Gasteiger partial charge on any atom is -0.394 e. The van der Waals surface area contributed by atoms with Crippen LogP contribution in [-0.4, -0.2) is 47.3 Å². The lowest BCUT2D eigenvalue weighted by molar-refractivity contribution is -0.141. The summed E-state index contributed by atoms with van der Waals surface area (Å²) in [5.41, 5.74) is -0.107. The Morgan fingerprint density at radius 3 is 2.06 bits per heavy atom. The standard InChI is InChI=1S/C13H27NO3/c1-9(2)11(13(3,4)5)12(17)14(6)7-10(16)8-15/h9-11,15-16H,7-8H2,1-6H3/t10?,11-/m1/s1. The summed E-state index contributed by atoms with van der Waals surface area (Å²) in [6.07, 6.45) is -0.864. The van der Waals surface area contributed by atoms with Crippen LogP contribution >= 0.6 is 0 Å². The van der Waals surface area contributed by atoms with Crippen molar-refractivity contribution >= 4 is 5.91 Å². The quantitative estimate of drug-likeness (QED) is 0.763. The fraction of sp³-hybridized carbons (Fsp3) is 0.923. The van der Waals surface area contributed by atoms with Crippen molar-refractivity contribution in [1.29, 1.82) is 0 Å². The molecule has 2 atom stereocenters. The smallest absolute Gasteiger partial charge is 0.226 e. The number of amides is 1. The largest absolute Gasteiger partial charge is 0.394 e. The Bertz CT molecular complexity index is 246. The third kappa shape index (κ3) is 5.04. The first-order valence-electron chi connectivity index (χ1n) is 6.15. The number of carbonyl (C=O) groups is 1. The number of likely N-dealkylation sites (N-methyl/N-ethyl adjacent to an activating group) is 1. The maximum Gasteiger partial charge on any atom is 0.226 e. The van der Waals surface area contributed by atoms with E-state index < -0.39 is 6.10 Å². The van der Waals surface area contributed by atoms with Gasteiger partial charge in [-0.05, 0) is 11.3 Å². The van der Waals surface area contributed by atoms with Gasteiger partial charge in [0.15, 0.2) is 0 Å². The van der Waals surface area contributed by atoms with Gasteiger partial charge in [-0.15, -0.1) is 0 Å². The lowest BCUT2D eigenvalue weighted by Gasteiger charge is -2.36. The predicted molar refractivity (Wildman–Crippen MR) is 68.5 cm³/mol. The number of aliphatic hydroxyl groups is 2. The van der Waals surface area contributed by atoms with Crippen molar-refractivity contribution in [3.05, 3.63) is 0 Å². The van der Waals surface area contributed by atoms with Crippen LogP contribution in [0.5, 0.6) is 0 Å². The highest BCUT2D eigenvalue weighted by molar-refractivity contribution is 5.79. The molecule has 0 aromatic carbocycles. The second-order valence-corrected chi connectivity index (χ2v) is 6.14. The molecular weight excluding hydrogens is 218 g/mol. The maximum atomic E-state index is 12.3. The van der Waals surface area contributed by atoms with Gasteiger partial charge in [0, 0.05) is 19.5 Å². The molecular formula is C13H27NO3. The van der Waals surface area contributed by atoms with Gasteiger partial charge < -0.3 is 15.1 Å². The molecule has 1 unspecified atom stereocenters. The highest BCUT2D eigenvalue weighted by Crippen LogP contribution is 2.33. The van der Waals surface area contributed by atoms with Crippen LogP contribution in [-0.2, 0) is 4.79 Å². The summed E-state index contributed by atoms with van der Waals surface area (Å²) in [4.78, 5) is 13.8. The molecule has 0 aliphatic carbocycles. The minimum atomic E-state index is -0.864. The number of hydrogen-bond donors (Lipinski definition) is 2. The zero-order valence-electron chi connectivity index (χ0n) is 11.9. The van der Waals surface area contributed by atoms with E-state index in [4.69, 9.17) is 5.11 Å². The molecule has 0 radical (unpaired) electrons. The molecule has 0 bridgehead atoms. The van der Waals surface area contributed by atoms with E-state index in [0.717, 1.165) is 0 Å². The maximum absolute atomic E-state index is 12.3. The summed E-state index contributed by atoms with van der Waals surface area (Å²) in [6.45, 7) is 10.1. The van der Waals surface area contributed by atoms with Crippen molar-refractivity contribution in [3.8, 4) is 0 Å². The van der Waals surface area contributed by atoms with Crippen molar-refractivity contribution in [2.45, 2.75) is 40.7 Å². The lowest BCUT2D eigenvalue weighted by atomic mass is 9.73. The first kappa shape index (κ1) is 16.4. The molecule has 0 spiro atoms. The van der Waals surface area contributed by atoms with E-state index in [1.54, 1.807) is 7.05 Å². The second kappa shape index (κ2) is 6.36. The molecule has 0 rings (SSSR count). The van der Waals surface area contributed by atoms with E-state index in [1.165, 1.54) is 4.90 Å². The molecule has 1 amide bonds. The molecule has 0 heterocycles. The van der Waals surface area contributed by atoms with Crippen LogP contribution in [0.15, 0.2) is 0 Å². The normalized spacial score (nSPS) is 15.8. The fourth-order valence-corrected chi connectivity index (χ4v) is 2.36. The summed E-state index contributed by atoms with van der Waals surface area (Å²) >= 11 is 0. The molecule has 0 saturated heterocycles. The Morgan fingerprint density at radius 2 is 1.76 bits per heavy atom. The molecule has 102 valence electrons. The Hall–Kier alpha value is -0.610. The summed E-state index contributed by atoms with van der Waals surface area (Å²) in [5, 5.41) is 18.1. The fourth-order valence-electron chi connectivity index (χ4n) is 2.36. The zero-order chi connectivity index (χ0) is 13.8. The number of aliphatic hydroxyl groups excluding tert-OH is 2. The Morgan fingerprint density at radius 1 is 1.29 bits per heavy atom. The van der Waals surface area contributed by atoms with E-state index in [1.807, 2.05) is 34.6 Å². The van der Waals surface area contributed by atoms with Crippen LogP contribution < -0.4 is 0 Å². The van der Waals surface area contributed by atoms with Gasteiger partial charge in [0.1, 0.15) is 0 Å². The summed E-state index contributed by atoms with van der Waals surface area (Å²) in [7, 11) is 1.67. The Balaban J connectivity index is 4.74. The first-order chi connectivity index (χ1) is 7.61. The van der Waals surface area contributed by atoms with E-state index in [2.05, 4.69) is 0 Å². The molecule has 0 saturated carbocycles. The van der Waals surface area contributed by atoms with Crippen LogP contribution in [0.1, 0.15) is 34.6 Å². The van der Waals surface area contributed by atoms with Crippen molar-refractivity contribution in [2.24, 2.45) is 17.3 Å². The second-order valence-electron chi connectivity index (χ2n) is 6.14. The van der Waals surface area contributed by atoms with Crippen LogP contribution in [0.2, 0.25) is 0 Å². The van der Waals surface area contributed by atoms with E-state index in [9.17, 15) is 9.90 Å². The van der Waals surface area contributed by atoms with Crippen molar-refractivity contribution in [3.63, 3.8) is 0 Å². The highest BCUT2D eigenvalue weighted by atomic mass is 16.3. The minimum absolute atomic E-state index is 0.0278. The average molecular weight is 245 g/mol. The summed E-state index contributed by atoms with van der Waals surface area (Å²) < 4.78 is 0. The SMILES string of the molecule is CC(C)[C@H](C(=O)N(C)CC(O)CO)C(C)(C)C. The monoisotopic (exact) mass is 245 g/mol. The van der Waals surface area contributed by atoms with Gasteiger partial charge in [-0.25, -0.2) is 0 Å². The molecule has 2 N–H and O–H groups in total. The van der Waals surface area contributed by atoms with Gasteiger partial charge in [0.2, 0.25) is 5.91 Å². The van der Waals surface area contributed by atoms with Crippen LogP contribution in [0.3, 0.4) is 0 Å². The van der Waals surface area contributed by atoms with Crippen molar-refractivity contribution in [1.82, 2.24) is 4.90 Å². The van der Waals surface area contributed by atoms with Crippen LogP contribution in [0.25, 0.3) is 0 Å². The van der Waals surface area contributed by atoms with Gasteiger partial charge in [-0.3, -0.25) is 4.79 Å². The molecule has 0 aliphatic heterocycles. The average Bonchev–Trinajstić information content (AvgIpc) is 2.14. The molecule has 0 fully saturated rings. The van der Waals surface area contributed by atoms with Gasteiger partial charge in [-0.1, -0.05) is 34.6 Å². The van der Waals surface area contributed by atoms with Gasteiger partial charge in [-0.2, -0.15) is 0 Å². The number of hydrogen-bond acceptors (Lipinski definition) is 3. The summed E-state index contributed by atoms with van der Waals surface area (Å²) in [5.74, 6) is 0.189. The summed E-state index contributed by atoms with van der Waals surface area (Å²) in [6, 6.07) is 0. The lowest BCUT2D eigenvalue weighted by Crippen LogP contribution is -2.45. The third-order valence-corrected chi connectivity index (χ3v) is 2.94. The van der Waals surface area contributed by atoms with E-state index >= 15 is 0 Å². The molecule has 0 aromatic heterocycles. The highest BCUT2D eigenvalue weighted by Gasteiger charge is 2.35. The molecule has 0 aromatic rings. The molecule has 4 heteroatoms. The van der Waals surface area contributed by atoms with Crippen LogP contribution in [0, 0.1) is 17.3 Å².